The maximum atomic E-state index is 12.9. The number of aryl methyl sites for hydroxylation is 1. The van der Waals surface area contributed by atoms with E-state index >= 15 is 0 Å². The molecule has 178 valence electrons. The molecule has 0 aromatic heterocycles. The minimum Gasteiger partial charge on any atom is -0.465 e. The number of carboxylic acid groups (broad SMARTS) is 1. The average molecular weight is 459 g/mol. The van der Waals surface area contributed by atoms with Gasteiger partial charge in [0.15, 0.2) is 0 Å². The molecule has 1 fully saturated rings. The van der Waals surface area contributed by atoms with Crippen LogP contribution in [0.5, 0.6) is 0 Å². The molecule has 10 heteroatoms. The van der Waals surface area contributed by atoms with Gasteiger partial charge in [0.2, 0.25) is 11.8 Å². The van der Waals surface area contributed by atoms with Crippen LogP contribution in [0.15, 0.2) is 18.2 Å². The van der Waals surface area contributed by atoms with E-state index in [1.165, 1.54) is 4.90 Å². The first-order chi connectivity index (χ1) is 15.5. The summed E-state index contributed by atoms with van der Waals surface area (Å²) >= 11 is 0. The van der Waals surface area contributed by atoms with Gasteiger partial charge < -0.3 is 14.7 Å². The van der Waals surface area contributed by atoms with Gasteiger partial charge >= 0.3 is 6.09 Å². The summed E-state index contributed by atoms with van der Waals surface area (Å²) in [7, 11) is 0. The zero-order valence-electron chi connectivity index (χ0n) is 19.1. The van der Waals surface area contributed by atoms with Crippen LogP contribution in [-0.2, 0) is 20.7 Å². The van der Waals surface area contributed by atoms with E-state index in [1.807, 2.05) is 20.8 Å². The minimum atomic E-state index is -0.991. The first-order valence-corrected chi connectivity index (χ1v) is 10.9. The van der Waals surface area contributed by atoms with Gasteiger partial charge in [-0.2, -0.15) is 0 Å². The van der Waals surface area contributed by atoms with Crippen LogP contribution in [0.2, 0.25) is 0 Å². The summed E-state index contributed by atoms with van der Waals surface area (Å²) in [5.74, 6) is -2.10. The number of nitrogens with zero attached hydrogens (tertiary/aromatic N) is 2. The molecule has 1 aromatic carbocycles. The first kappa shape index (κ1) is 24.4. The van der Waals surface area contributed by atoms with E-state index < -0.39 is 41.3 Å². The minimum absolute atomic E-state index is 0.0784. The number of amides is 5. The van der Waals surface area contributed by atoms with E-state index in [0.29, 0.717) is 19.4 Å². The Morgan fingerprint density at radius 3 is 2.48 bits per heavy atom. The fourth-order valence-corrected chi connectivity index (χ4v) is 4.03. The second-order valence-corrected chi connectivity index (χ2v) is 9.15. The summed E-state index contributed by atoms with van der Waals surface area (Å²) in [6, 6.07) is 4.04. The van der Waals surface area contributed by atoms with Crippen LogP contribution in [0.25, 0.3) is 0 Å². The van der Waals surface area contributed by atoms with Crippen molar-refractivity contribution in [2.75, 3.05) is 19.8 Å². The van der Waals surface area contributed by atoms with Gasteiger partial charge in [-0.3, -0.25) is 29.4 Å². The van der Waals surface area contributed by atoms with Crippen molar-refractivity contribution in [3.63, 3.8) is 0 Å². The molecule has 10 nitrogen and oxygen atoms in total. The molecule has 1 unspecified atom stereocenters. The van der Waals surface area contributed by atoms with Gasteiger partial charge in [-0.05, 0) is 57.7 Å². The van der Waals surface area contributed by atoms with Gasteiger partial charge in [-0.1, -0.05) is 6.07 Å². The topological polar surface area (TPSA) is 133 Å². The molecule has 0 aliphatic carbocycles. The summed E-state index contributed by atoms with van der Waals surface area (Å²) in [6.07, 6.45) is 0.467. The predicted molar refractivity (Wildman–Crippen MR) is 117 cm³/mol. The second kappa shape index (κ2) is 9.70. The fourth-order valence-electron chi connectivity index (χ4n) is 4.03. The van der Waals surface area contributed by atoms with Crippen molar-refractivity contribution < 1.29 is 33.8 Å². The van der Waals surface area contributed by atoms with Gasteiger partial charge in [0, 0.05) is 25.1 Å². The monoisotopic (exact) mass is 459 g/mol. The molecule has 2 aliphatic rings. The number of imide groups is 2. The Labute approximate surface area is 191 Å². The highest BCUT2D eigenvalue weighted by Gasteiger charge is 2.44. The Bertz CT molecular complexity index is 983. The third-order valence-corrected chi connectivity index (χ3v) is 5.76. The van der Waals surface area contributed by atoms with Crippen LogP contribution in [-0.4, -0.2) is 76.0 Å². The molecule has 0 bridgehead atoms. The zero-order valence-corrected chi connectivity index (χ0v) is 19.1. The molecule has 2 heterocycles. The van der Waals surface area contributed by atoms with Crippen molar-refractivity contribution in [2.45, 2.75) is 58.0 Å². The average Bonchev–Trinajstić information content (AvgIpc) is 2.96. The number of hydrogen-bond acceptors (Lipinski definition) is 6. The fraction of sp³-hybridized carbons (Fsp3) is 0.522. The molecule has 0 saturated carbocycles. The summed E-state index contributed by atoms with van der Waals surface area (Å²) < 4.78 is 5.57. The molecular weight excluding hydrogens is 430 g/mol. The van der Waals surface area contributed by atoms with E-state index in [0.717, 1.165) is 10.5 Å². The largest absolute Gasteiger partial charge is 0.465 e. The lowest BCUT2D eigenvalue weighted by molar-refractivity contribution is -0.136. The van der Waals surface area contributed by atoms with Crippen molar-refractivity contribution in [1.29, 1.82) is 0 Å². The lowest BCUT2D eigenvalue weighted by Crippen LogP contribution is -2.54. The van der Waals surface area contributed by atoms with E-state index in [4.69, 9.17) is 4.74 Å². The number of ether oxygens (including phenoxy) is 1. The number of hydrogen-bond donors (Lipinski definition) is 2. The maximum absolute atomic E-state index is 12.9. The van der Waals surface area contributed by atoms with Gasteiger partial charge in [0.1, 0.15) is 6.04 Å². The first-order valence-electron chi connectivity index (χ1n) is 10.9. The molecule has 1 aromatic rings. The zero-order chi connectivity index (χ0) is 24.3. The standard InChI is InChI=1S/C23H29N3O7/c1-23(2,3)25(22(31)32)10-12-33-11-4-5-14-6-7-15-16(13-14)21(30)26(20(15)29)17-8-9-18(27)24-19(17)28/h6-7,13,17H,4-5,8-12H2,1-3H3,(H,31,32)(H,24,27,28). The third-order valence-electron chi connectivity index (χ3n) is 5.76. The number of benzene rings is 1. The highest BCUT2D eigenvalue weighted by atomic mass is 16.5. The van der Waals surface area contributed by atoms with Crippen molar-refractivity contribution >= 4 is 29.7 Å². The van der Waals surface area contributed by atoms with E-state index in [9.17, 15) is 29.1 Å². The molecule has 33 heavy (non-hydrogen) atoms. The van der Waals surface area contributed by atoms with Crippen molar-refractivity contribution in [2.24, 2.45) is 0 Å². The highest BCUT2D eigenvalue weighted by molar-refractivity contribution is 6.23. The van der Waals surface area contributed by atoms with Crippen LogP contribution in [0.4, 0.5) is 4.79 Å². The smallest absolute Gasteiger partial charge is 0.407 e. The Hall–Kier alpha value is -3.27. The van der Waals surface area contributed by atoms with Gasteiger partial charge in [-0.15, -0.1) is 0 Å². The van der Waals surface area contributed by atoms with Crippen LogP contribution in [0.1, 0.15) is 66.3 Å². The number of nitrogens with one attached hydrogen (secondary N) is 1. The third kappa shape index (κ3) is 5.39. The van der Waals surface area contributed by atoms with Gasteiger partial charge in [-0.25, -0.2) is 4.79 Å². The summed E-state index contributed by atoms with van der Waals surface area (Å²) in [4.78, 5) is 62.7. The molecule has 0 radical (unpaired) electrons. The number of carbonyl (C=O) groups is 5. The number of piperidine rings is 1. The van der Waals surface area contributed by atoms with Crippen molar-refractivity contribution in [3.05, 3.63) is 34.9 Å². The Morgan fingerprint density at radius 2 is 1.85 bits per heavy atom. The maximum Gasteiger partial charge on any atom is 0.407 e. The summed E-state index contributed by atoms with van der Waals surface area (Å²) in [6.45, 7) is 6.43. The van der Waals surface area contributed by atoms with Crippen molar-refractivity contribution in [3.8, 4) is 0 Å². The summed E-state index contributed by atoms with van der Waals surface area (Å²) in [5, 5.41) is 11.5. The van der Waals surface area contributed by atoms with Crippen molar-refractivity contribution in [1.82, 2.24) is 15.1 Å². The Balaban J connectivity index is 1.53. The number of carbonyl (C=O) groups excluding carboxylic acids is 4. The molecule has 3 rings (SSSR count). The molecule has 2 N–H and O–H groups in total. The van der Waals surface area contributed by atoms with Crippen LogP contribution >= 0.6 is 0 Å². The van der Waals surface area contributed by atoms with Gasteiger partial charge in [0.05, 0.1) is 17.7 Å². The number of fused-ring (bicyclic) bond motifs is 1. The van der Waals surface area contributed by atoms with Gasteiger partial charge in [0.25, 0.3) is 11.8 Å². The van der Waals surface area contributed by atoms with E-state index in [2.05, 4.69) is 5.32 Å². The lowest BCUT2D eigenvalue weighted by Gasteiger charge is -2.32. The molecule has 1 saturated heterocycles. The van der Waals surface area contributed by atoms with E-state index in [1.54, 1.807) is 18.2 Å². The van der Waals surface area contributed by atoms with Crippen LogP contribution in [0, 0.1) is 0 Å². The molecule has 2 aliphatic heterocycles. The Morgan fingerprint density at radius 1 is 1.15 bits per heavy atom. The quantitative estimate of drug-likeness (QED) is 0.447. The Kier molecular flexibility index (Phi) is 7.16. The molecular formula is C23H29N3O7. The van der Waals surface area contributed by atoms with Crippen LogP contribution in [0.3, 0.4) is 0 Å². The second-order valence-electron chi connectivity index (χ2n) is 9.15. The normalized spacial score (nSPS) is 18.4. The number of rotatable bonds is 8. The van der Waals surface area contributed by atoms with Crippen LogP contribution < -0.4 is 5.32 Å². The lowest BCUT2D eigenvalue weighted by atomic mass is 10.0. The highest BCUT2D eigenvalue weighted by Crippen LogP contribution is 2.28. The molecule has 1 atom stereocenters. The molecule has 0 spiro atoms. The summed E-state index contributed by atoms with van der Waals surface area (Å²) in [5.41, 5.74) is 0.849. The SMILES string of the molecule is CC(C)(C)N(CCOCCCc1ccc2c(c1)C(=O)N(C1CCC(=O)NC1=O)C2=O)C(=O)O. The van der Waals surface area contributed by atoms with E-state index in [-0.39, 0.29) is 37.1 Å². The molecule has 5 amide bonds. The predicted octanol–water partition coefficient (Wildman–Crippen LogP) is 1.82.